The molecule has 0 amide bonds. The average molecular weight is 416 g/mol. The molecule has 0 aromatic heterocycles. The number of esters is 1. The van der Waals surface area contributed by atoms with Crippen LogP contribution in [0, 0.1) is 13.8 Å². The van der Waals surface area contributed by atoms with Crippen LogP contribution in [0.25, 0.3) is 0 Å². The molecule has 0 radical (unpaired) electrons. The van der Waals surface area contributed by atoms with Crippen LogP contribution in [0.1, 0.15) is 47.9 Å². The first-order valence-corrected chi connectivity index (χ1v) is 11.6. The van der Waals surface area contributed by atoms with E-state index < -0.39 is 10.0 Å². The van der Waals surface area contributed by atoms with Gasteiger partial charge in [-0.2, -0.15) is 4.31 Å². The Labute approximate surface area is 173 Å². The lowest BCUT2D eigenvalue weighted by molar-refractivity contribution is -0.144. The fourth-order valence-electron chi connectivity index (χ4n) is 3.51. The maximum atomic E-state index is 12.7. The standard InChI is InChI=1S/C23H29NO4S/c1-18-6-7-19(2)21(16-18)17-28-23(25)13-10-20-8-11-22(12-9-20)29(26,27)24-14-4-3-5-15-24/h6-9,11-12,16H,3-5,10,13-15,17H2,1-2H3. The van der Waals surface area contributed by atoms with Gasteiger partial charge in [0, 0.05) is 19.5 Å². The number of nitrogens with zero attached hydrogens (tertiary/aromatic N) is 1. The van der Waals surface area contributed by atoms with Crippen LogP contribution in [0.2, 0.25) is 0 Å². The summed E-state index contributed by atoms with van der Waals surface area (Å²) in [5.74, 6) is -0.254. The lowest BCUT2D eigenvalue weighted by atomic mass is 10.1. The van der Waals surface area contributed by atoms with Crippen LogP contribution in [-0.2, 0) is 32.6 Å². The SMILES string of the molecule is Cc1ccc(C)c(COC(=O)CCc2ccc(S(=O)(=O)N3CCCCC3)cc2)c1. The van der Waals surface area contributed by atoms with Gasteiger partial charge in [-0.25, -0.2) is 8.42 Å². The predicted molar refractivity (Wildman–Crippen MR) is 113 cm³/mol. The van der Waals surface area contributed by atoms with Crippen LogP contribution in [0.4, 0.5) is 0 Å². The molecule has 3 rings (SSSR count). The van der Waals surface area contributed by atoms with Gasteiger partial charge in [-0.15, -0.1) is 0 Å². The molecule has 1 aliphatic rings. The van der Waals surface area contributed by atoms with Crippen LogP contribution in [-0.4, -0.2) is 31.8 Å². The van der Waals surface area contributed by atoms with Gasteiger partial charge in [-0.05, 0) is 61.9 Å². The average Bonchev–Trinajstić information content (AvgIpc) is 2.74. The third kappa shape index (κ3) is 5.67. The molecule has 0 bridgehead atoms. The molecule has 6 heteroatoms. The zero-order chi connectivity index (χ0) is 20.9. The minimum Gasteiger partial charge on any atom is -0.461 e. The summed E-state index contributed by atoms with van der Waals surface area (Å²) < 4.78 is 32.3. The van der Waals surface area contributed by atoms with Gasteiger partial charge in [0.05, 0.1) is 4.90 Å². The smallest absolute Gasteiger partial charge is 0.306 e. The number of carbonyl (C=O) groups excluding carboxylic acids is 1. The van der Waals surface area contributed by atoms with E-state index in [4.69, 9.17) is 4.74 Å². The van der Waals surface area contributed by atoms with Crippen LogP contribution in [0.15, 0.2) is 47.4 Å². The Morgan fingerprint density at radius 1 is 1.00 bits per heavy atom. The zero-order valence-corrected chi connectivity index (χ0v) is 18.0. The first kappa shape index (κ1) is 21.5. The fourth-order valence-corrected chi connectivity index (χ4v) is 5.03. The van der Waals surface area contributed by atoms with Crippen molar-refractivity contribution in [1.82, 2.24) is 4.31 Å². The zero-order valence-electron chi connectivity index (χ0n) is 17.2. The van der Waals surface area contributed by atoms with Crippen molar-refractivity contribution in [2.45, 2.75) is 57.5 Å². The second-order valence-corrected chi connectivity index (χ2v) is 9.64. The van der Waals surface area contributed by atoms with E-state index in [-0.39, 0.29) is 19.0 Å². The minimum absolute atomic E-state index is 0.254. The summed E-state index contributed by atoms with van der Waals surface area (Å²) >= 11 is 0. The van der Waals surface area contributed by atoms with E-state index in [1.54, 1.807) is 28.6 Å². The van der Waals surface area contributed by atoms with Gasteiger partial charge in [-0.1, -0.05) is 42.3 Å². The second kappa shape index (κ2) is 9.55. The van der Waals surface area contributed by atoms with Crippen molar-refractivity contribution in [2.24, 2.45) is 0 Å². The lowest BCUT2D eigenvalue weighted by Crippen LogP contribution is -2.35. The summed E-state index contributed by atoms with van der Waals surface area (Å²) in [6, 6.07) is 12.9. The molecule has 1 saturated heterocycles. The minimum atomic E-state index is -3.42. The molecule has 1 heterocycles. The van der Waals surface area contributed by atoms with E-state index in [0.717, 1.165) is 41.5 Å². The Bertz CT molecular complexity index is 945. The number of rotatable bonds is 7. The molecule has 0 atom stereocenters. The number of ether oxygens (including phenoxy) is 1. The molecular formula is C23H29NO4S. The molecule has 1 aliphatic heterocycles. The molecule has 2 aromatic carbocycles. The van der Waals surface area contributed by atoms with Crippen molar-refractivity contribution in [3.8, 4) is 0 Å². The lowest BCUT2D eigenvalue weighted by Gasteiger charge is -2.25. The number of hydrogen-bond donors (Lipinski definition) is 0. The largest absolute Gasteiger partial charge is 0.461 e. The van der Waals surface area contributed by atoms with Crippen LogP contribution in [0.3, 0.4) is 0 Å². The van der Waals surface area contributed by atoms with Crippen LogP contribution >= 0.6 is 0 Å². The molecule has 5 nitrogen and oxygen atoms in total. The highest BCUT2D eigenvalue weighted by molar-refractivity contribution is 7.89. The Hall–Kier alpha value is -2.18. The van der Waals surface area contributed by atoms with Gasteiger partial charge in [-0.3, -0.25) is 4.79 Å². The number of hydrogen-bond acceptors (Lipinski definition) is 4. The van der Waals surface area contributed by atoms with Crippen molar-refractivity contribution >= 4 is 16.0 Å². The second-order valence-electron chi connectivity index (χ2n) is 7.70. The molecule has 156 valence electrons. The molecular weight excluding hydrogens is 386 g/mol. The predicted octanol–water partition coefficient (Wildman–Crippen LogP) is 4.15. The molecule has 0 N–H and O–H groups in total. The molecule has 0 aliphatic carbocycles. The van der Waals surface area contributed by atoms with E-state index in [1.807, 2.05) is 32.0 Å². The summed E-state index contributed by atoms with van der Waals surface area (Å²) in [6.07, 6.45) is 3.71. The number of carbonyl (C=O) groups is 1. The Kier molecular flexibility index (Phi) is 7.09. The first-order chi connectivity index (χ1) is 13.9. The van der Waals surface area contributed by atoms with Gasteiger partial charge < -0.3 is 4.74 Å². The van der Waals surface area contributed by atoms with Gasteiger partial charge >= 0.3 is 5.97 Å². The number of aryl methyl sites for hydroxylation is 3. The highest BCUT2D eigenvalue weighted by atomic mass is 32.2. The normalized spacial score (nSPS) is 15.2. The molecule has 1 fully saturated rings. The van der Waals surface area contributed by atoms with Crippen LogP contribution in [0.5, 0.6) is 0 Å². The van der Waals surface area contributed by atoms with E-state index in [2.05, 4.69) is 0 Å². The highest BCUT2D eigenvalue weighted by Gasteiger charge is 2.25. The summed E-state index contributed by atoms with van der Waals surface area (Å²) in [6.45, 7) is 5.48. The van der Waals surface area contributed by atoms with Crippen molar-refractivity contribution in [1.29, 1.82) is 0 Å². The Morgan fingerprint density at radius 2 is 1.69 bits per heavy atom. The van der Waals surface area contributed by atoms with Gasteiger partial charge in [0.15, 0.2) is 0 Å². The summed E-state index contributed by atoms with van der Waals surface area (Å²) in [5, 5.41) is 0. The topological polar surface area (TPSA) is 63.7 Å². The summed E-state index contributed by atoms with van der Waals surface area (Å²) in [5.41, 5.74) is 4.19. The number of benzene rings is 2. The first-order valence-electron chi connectivity index (χ1n) is 10.2. The Balaban J connectivity index is 1.52. The van der Waals surface area contributed by atoms with Crippen molar-refractivity contribution < 1.29 is 17.9 Å². The monoisotopic (exact) mass is 415 g/mol. The van der Waals surface area contributed by atoms with E-state index in [0.29, 0.717) is 24.4 Å². The molecule has 0 spiro atoms. The highest BCUT2D eigenvalue weighted by Crippen LogP contribution is 2.21. The van der Waals surface area contributed by atoms with E-state index >= 15 is 0 Å². The van der Waals surface area contributed by atoms with Crippen molar-refractivity contribution in [3.05, 3.63) is 64.7 Å². The maximum absolute atomic E-state index is 12.7. The van der Waals surface area contributed by atoms with Crippen molar-refractivity contribution in [2.75, 3.05) is 13.1 Å². The van der Waals surface area contributed by atoms with Gasteiger partial charge in [0.25, 0.3) is 0 Å². The Morgan fingerprint density at radius 3 is 2.38 bits per heavy atom. The fraction of sp³-hybridized carbons (Fsp3) is 0.435. The van der Waals surface area contributed by atoms with Gasteiger partial charge in [0.2, 0.25) is 10.0 Å². The van der Waals surface area contributed by atoms with E-state index in [9.17, 15) is 13.2 Å². The molecule has 29 heavy (non-hydrogen) atoms. The third-order valence-corrected chi connectivity index (χ3v) is 7.30. The number of piperidine rings is 1. The van der Waals surface area contributed by atoms with Crippen LogP contribution < -0.4 is 0 Å². The quantitative estimate of drug-likeness (QED) is 0.637. The molecule has 0 saturated carbocycles. The third-order valence-electron chi connectivity index (χ3n) is 5.39. The maximum Gasteiger partial charge on any atom is 0.306 e. The summed E-state index contributed by atoms with van der Waals surface area (Å²) in [7, 11) is -3.42. The summed E-state index contributed by atoms with van der Waals surface area (Å²) in [4.78, 5) is 12.4. The molecule has 0 unspecified atom stereocenters. The van der Waals surface area contributed by atoms with Gasteiger partial charge in [0.1, 0.15) is 6.61 Å². The molecule has 2 aromatic rings. The van der Waals surface area contributed by atoms with E-state index in [1.165, 1.54) is 0 Å². The number of sulfonamides is 1. The van der Waals surface area contributed by atoms with Crippen molar-refractivity contribution in [3.63, 3.8) is 0 Å².